The van der Waals surface area contributed by atoms with E-state index in [0.717, 1.165) is 39.5 Å². The molecule has 23 heavy (non-hydrogen) atoms. The molecule has 1 aromatic rings. The third kappa shape index (κ3) is 1.84. The van der Waals surface area contributed by atoms with E-state index in [1.807, 2.05) is 63.9 Å². The topological polar surface area (TPSA) is 48.1 Å². The molecule has 0 aromatic carbocycles. The van der Waals surface area contributed by atoms with Crippen LogP contribution in [0, 0.1) is 13.8 Å². The Hall–Kier alpha value is -2.36. The van der Waals surface area contributed by atoms with Gasteiger partial charge in [0.05, 0.1) is 5.57 Å². The first-order chi connectivity index (χ1) is 10.7. The van der Waals surface area contributed by atoms with Crippen LogP contribution in [0.25, 0.3) is 5.57 Å². The third-order valence-corrected chi connectivity index (χ3v) is 5.49. The molecule has 0 saturated carbocycles. The number of carbonyl (C=O) groups is 1. The molecule has 120 valence electrons. The van der Waals surface area contributed by atoms with Crippen LogP contribution >= 0.6 is 0 Å². The molecule has 0 amide bonds. The van der Waals surface area contributed by atoms with Crippen molar-refractivity contribution in [3.63, 3.8) is 0 Å². The highest BCUT2D eigenvalue weighted by Crippen LogP contribution is 2.41. The van der Waals surface area contributed by atoms with E-state index in [1.165, 1.54) is 0 Å². The first kappa shape index (κ1) is 15.5. The SMILES string of the molecule is CC1=C(C)[N+](C)=C(C)/C1=C1\C(=O)C(c2cc(C)n(C)c2C)=C1[O-]. The van der Waals surface area contributed by atoms with Crippen LogP contribution in [0.1, 0.15) is 37.7 Å². The normalized spacial score (nSPS) is 21.8. The maximum atomic E-state index is 12.8. The van der Waals surface area contributed by atoms with E-state index in [9.17, 15) is 9.90 Å². The Kier molecular flexibility index (Phi) is 3.25. The van der Waals surface area contributed by atoms with E-state index < -0.39 is 0 Å². The lowest BCUT2D eigenvalue weighted by atomic mass is 9.78. The van der Waals surface area contributed by atoms with Gasteiger partial charge in [0.1, 0.15) is 7.05 Å². The Morgan fingerprint density at radius 3 is 2.04 bits per heavy atom. The molecule has 0 N–H and O–H groups in total. The van der Waals surface area contributed by atoms with Crippen molar-refractivity contribution in [3.8, 4) is 0 Å². The lowest BCUT2D eigenvalue weighted by Gasteiger charge is -2.32. The van der Waals surface area contributed by atoms with Crippen LogP contribution in [0.5, 0.6) is 0 Å². The number of carbonyl (C=O) groups excluding carboxylic acids is 1. The Balaban J connectivity index is 2.22. The number of ketones is 1. The highest BCUT2D eigenvalue weighted by molar-refractivity contribution is 6.41. The quantitative estimate of drug-likeness (QED) is 0.588. The van der Waals surface area contributed by atoms with Gasteiger partial charge < -0.3 is 9.67 Å². The molecule has 0 bridgehead atoms. The Morgan fingerprint density at radius 2 is 1.65 bits per heavy atom. The monoisotopic (exact) mass is 310 g/mol. The minimum absolute atomic E-state index is 0.125. The minimum atomic E-state index is -0.125. The zero-order valence-corrected chi connectivity index (χ0v) is 14.8. The van der Waals surface area contributed by atoms with Crippen molar-refractivity contribution < 1.29 is 14.5 Å². The van der Waals surface area contributed by atoms with Crippen LogP contribution in [0.4, 0.5) is 0 Å². The number of aromatic nitrogens is 1. The fourth-order valence-corrected chi connectivity index (χ4v) is 3.47. The molecule has 4 nitrogen and oxygen atoms in total. The van der Waals surface area contributed by atoms with E-state index in [4.69, 9.17) is 0 Å². The maximum absolute atomic E-state index is 12.8. The highest BCUT2D eigenvalue weighted by Gasteiger charge is 2.38. The summed E-state index contributed by atoms with van der Waals surface area (Å²) < 4.78 is 4.04. The van der Waals surface area contributed by atoms with Gasteiger partial charge in [0.25, 0.3) is 0 Å². The van der Waals surface area contributed by atoms with Gasteiger partial charge in [0.2, 0.25) is 0 Å². The summed E-state index contributed by atoms with van der Waals surface area (Å²) in [5.41, 5.74) is 7.34. The molecular weight excluding hydrogens is 288 g/mol. The Bertz CT molecular complexity index is 876. The van der Waals surface area contributed by atoms with E-state index in [1.54, 1.807) is 0 Å². The van der Waals surface area contributed by atoms with Gasteiger partial charge in [0.15, 0.2) is 17.2 Å². The van der Waals surface area contributed by atoms with Crippen molar-refractivity contribution in [2.24, 2.45) is 7.05 Å². The van der Waals surface area contributed by atoms with Crippen LogP contribution in [-0.2, 0) is 11.8 Å². The first-order valence-corrected chi connectivity index (χ1v) is 7.77. The number of hydrogen-bond acceptors (Lipinski definition) is 2. The summed E-state index contributed by atoms with van der Waals surface area (Å²) >= 11 is 0. The van der Waals surface area contributed by atoms with Gasteiger partial charge in [-0.3, -0.25) is 4.79 Å². The van der Waals surface area contributed by atoms with Crippen molar-refractivity contribution in [3.05, 3.63) is 51.2 Å². The van der Waals surface area contributed by atoms with Gasteiger partial charge in [-0.25, -0.2) is 4.58 Å². The molecule has 1 aliphatic heterocycles. The third-order valence-electron chi connectivity index (χ3n) is 5.49. The van der Waals surface area contributed by atoms with Gasteiger partial charge in [-0.15, -0.1) is 0 Å². The van der Waals surface area contributed by atoms with E-state index in [2.05, 4.69) is 0 Å². The van der Waals surface area contributed by atoms with Gasteiger partial charge in [0, 0.05) is 54.6 Å². The summed E-state index contributed by atoms with van der Waals surface area (Å²) in [5, 5.41) is 12.8. The number of Topliss-reactive ketones (excluding diaryl/α,β-unsaturated/α-hetero) is 1. The van der Waals surface area contributed by atoms with Gasteiger partial charge in [-0.1, -0.05) is 5.76 Å². The zero-order chi connectivity index (χ0) is 17.2. The minimum Gasteiger partial charge on any atom is -0.871 e. The predicted octanol–water partition coefficient (Wildman–Crippen LogP) is 2.00. The average molecular weight is 310 g/mol. The molecular formula is C19H22N2O2. The van der Waals surface area contributed by atoms with Crippen molar-refractivity contribution in [2.45, 2.75) is 34.6 Å². The molecule has 4 heteroatoms. The summed E-state index contributed by atoms with van der Waals surface area (Å²) in [5.74, 6) is -0.249. The van der Waals surface area contributed by atoms with Crippen LogP contribution in [0.2, 0.25) is 0 Å². The molecule has 1 aromatic heterocycles. The second-order valence-electron chi connectivity index (χ2n) is 6.48. The van der Waals surface area contributed by atoms with Crippen LogP contribution in [0.15, 0.2) is 34.2 Å². The van der Waals surface area contributed by atoms with Crippen molar-refractivity contribution >= 4 is 17.1 Å². The molecule has 0 saturated heterocycles. The highest BCUT2D eigenvalue weighted by atomic mass is 16.3. The molecule has 0 radical (unpaired) electrons. The van der Waals surface area contributed by atoms with Gasteiger partial charge in [-0.05, 0) is 26.8 Å². The maximum Gasteiger partial charge on any atom is 0.193 e. The summed E-state index contributed by atoms with van der Waals surface area (Å²) in [7, 11) is 3.91. The Labute approximate surface area is 136 Å². The number of nitrogens with zero attached hydrogens (tertiary/aromatic N) is 2. The lowest BCUT2D eigenvalue weighted by molar-refractivity contribution is -0.440. The largest absolute Gasteiger partial charge is 0.871 e. The van der Waals surface area contributed by atoms with Crippen molar-refractivity contribution in [1.29, 1.82) is 0 Å². The fourth-order valence-electron chi connectivity index (χ4n) is 3.47. The predicted molar refractivity (Wildman–Crippen MR) is 89.1 cm³/mol. The number of allylic oxidation sites excluding steroid dienone is 5. The first-order valence-electron chi connectivity index (χ1n) is 7.77. The van der Waals surface area contributed by atoms with E-state index in [0.29, 0.717) is 11.1 Å². The molecule has 0 spiro atoms. The van der Waals surface area contributed by atoms with Gasteiger partial charge in [-0.2, -0.15) is 0 Å². The summed E-state index contributed by atoms with van der Waals surface area (Å²) in [4.78, 5) is 12.8. The standard InChI is InChI=1S/C19H22N2O2/c1-9-8-14(12(4)20(9)6)16-18(22)17(19(16)23)15-10(2)11(3)21(7)13(15)5/h8H,1-7H3. The molecule has 2 aliphatic rings. The molecule has 2 heterocycles. The van der Waals surface area contributed by atoms with Crippen LogP contribution < -0.4 is 5.11 Å². The number of hydrogen-bond donors (Lipinski definition) is 0. The second kappa shape index (κ2) is 4.82. The zero-order valence-electron chi connectivity index (χ0n) is 14.8. The van der Waals surface area contributed by atoms with Crippen molar-refractivity contribution in [2.75, 3.05) is 7.05 Å². The summed E-state index contributed by atoms with van der Waals surface area (Å²) in [6.07, 6.45) is 0. The number of aryl methyl sites for hydroxylation is 1. The fraction of sp³-hybridized carbons (Fsp3) is 0.368. The summed E-state index contributed by atoms with van der Waals surface area (Å²) in [6.45, 7) is 9.86. The van der Waals surface area contributed by atoms with Crippen LogP contribution in [-0.4, -0.2) is 27.7 Å². The molecule has 0 atom stereocenters. The second-order valence-corrected chi connectivity index (χ2v) is 6.48. The van der Waals surface area contributed by atoms with Crippen molar-refractivity contribution in [1.82, 2.24) is 4.57 Å². The smallest absolute Gasteiger partial charge is 0.193 e. The lowest BCUT2D eigenvalue weighted by Crippen LogP contribution is -2.31. The molecule has 0 unspecified atom stereocenters. The van der Waals surface area contributed by atoms with E-state index in [-0.39, 0.29) is 11.5 Å². The van der Waals surface area contributed by atoms with Crippen LogP contribution in [0.3, 0.4) is 0 Å². The Morgan fingerprint density at radius 1 is 1.04 bits per heavy atom. The molecule has 0 fully saturated rings. The summed E-state index contributed by atoms with van der Waals surface area (Å²) in [6, 6.07) is 1.92. The van der Waals surface area contributed by atoms with Gasteiger partial charge >= 0.3 is 0 Å². The number of rotatable bonds is 1. The molecule has 1 aliphatic carbocycles. The van der Waals surface area contributed by atoms with E-state index >= 15 is 0 Å². The molecule has 3 rings (SSSR count). The average Bonchev–Trinajstić information content (AvgIpc) is 2.86.